The van der Waals surface area contributed by atoms with Crippen molar-refractivity contribution in [2.75, 3.05) is 0 Å². The fourth-order valence-electron chi connectivity index (χ4n) is 0.737. The van der Waals surface area contributed by atoms with Gasteiger partial charge in [0.15, 0.2) is 0 Å². The van der Waals surface area contributed by atoms with E-state index in [2.05, 4.69) is 20.7 Å². The lowest BCUT2D eigenvalue weighted by Crippen LogP contribution is -2.18. The molecule has 1 rings (SSSR count). The number of rotatable bonds is 2. The number of hydrogen-bond donors (Lipinski definition) is 0. The predicted octanol–water partition coefficient (Wildman–Crippen LogP) is 3.44. The van der Waals surface area contributed by atoms with Crippen LogP contribution in [0.3, 0.4) is 0 Å². The van der Waals surface area contributed by atoms with Crippen molar-refractivity contribution < 1.29 is 13.5 Å². The van der Waals surface area contributed by atoms with Gasteiger partial charge in [0.25, 0.3) is 0 Å². The standard InChI is InChI=1S/C8H7BrF2O/c1-8(10,11)12-7-4-2-3-6(9)5-7/h2-5H,1H3. The first kappa shape index (κ1) is 9.45. The van der Waals surface area contributed by atoms with Crippen molar-refractivity contribution in [2.45, 2.75) is 13.0 Å². The van der Waals surface area contributed by atoms with Crippen LogP contribution in [0.15, 0.2) is 28.7 Å². The zero-order chi connectivity index (χ0) is 9.19. The maximum absolute atomic E-state index is 12.3. The van der Waals surface area contributed by atoms with Gasteiger partial charge in [0.1, 0.15) is 5.75 Å². The molecule has 1 nitrogen and oxygen atoms in total. The highest BCUT2D eigenvalue weighted by atomic mass is 79.9. The summed E-state index contributed by atoms with van der Waals surface area (Å²) in [5.41, 5.74) is 0. The van der Waals surface area contributed by atoms with Crippen molar-refractivity contribution in [1.82, 2.24) is 0 Å². The van der Waals surface area contributed by atoms with Crippen molar-refractivity contribution in [2.24, 2.45) is 0 Å². The van der Waals surface area contributed by atoms with Crippen LogP contribution in [-0.2, 0) is 0 Å². The normalized spacial score (nSPS) is 11.3. The molecule has 4 heteroatoms. The molecule has 0 aromatic heterocycles. The summed E-state index contributed by atoms with van der Waals surface area (Å²) < 4.78 is 29.6. The maximum Gasteiger partial charge on any atom is 0.394 e. The van der Waals surface area contributed by atoms with Crippen LogP contribution in [0.25, 0.3) is 0 Å². The van der Waals surface area contributed by atoms with E-state index in [0.717, 1.165) is 0 Å². The van der Waals surface area contributed by atoms with Crippen LogP contribution >= 0.6 is 15.9 Å². The van der Waals surface area contributed by atoms with Gasteiger partial charge in [0.2, 0.25) is 0 Å². The molecule has 0 aliphatic carbocycles. The molecule has 1 aromatic carbocycles. The Bertz CT molecular complexity index is 270. The Hall–Kier alpha value is -0.640. The van der Waals surface area contributed by atoms with Gasteiger partial charge < -0.3 is 4.74 Å². The van der Waals surface area contributed by atoms with E-state index in [1.165, 1.54) is 12.1 Å². The topological polar surface area (TPSA) is 9.23 Å². The van der Waals surface area contributed by atoms with Crippen molar-refractivity contribution in [3.05, 3.63) is 28.7 Å². The van der Waals surface area contributed by atoms with E-state index in [4.69, 9.17) is 0 Å². The number of alkyl halides is 2. The van der Waals surface area contributed by atoms with Crippen LogP contribution in [0, 0.1) is 0 Å². The Morgan fingerprint density at radius 1 is 1.42 bits per heavy atom. The summed E-state index contributed by atoms with van der Waals surface area (Å²) in [5.74, 6) is 0.150. The van der Waals surface area contributed by atoms with Crippen LogP contribution in [0.5, 0.6) is 5.75 Å². The van der Waals surface area contributed by atoms with E-state index < -0.39 is 6.11 Å². The van der Waals surface area contributed by atoms with Crippen LogP contribution in [0.1, 0.15) is 6.92 Å². The van der Waals surface area contributed by atoms with Gasteiger partial charge in [0.05, 0.1) is 0 Å². The average Bonchev–Trinajstić information content (AvgIpc) is 1.82. The molecular formula is C8H7BrF2O. The lowest BCUT2D eigenvalue weighted by atomic mass is 10.3. The molecule has 0 fully saturated rings. The third-order valence-electron chi connectivity index (χ3n) is 1.09. The summed E-state index contributed by atoms with van der Waals surface area (Å²) in [5, 5.41) is 0. The van der Waals surface area contributed by atoms with Gasteiger partial charge in [-0.15, -0.1) is 0 Å². The SMILES string of the molecule is CC(F)(F)Oc1cccc(Br)c1. The molecule has 0 unspecified atom stereocenters. The molecule has 0 bridgehead atoms. The smallest absolute Gasteiger partial charge is 0.394 e. The average molecular weight is 237 g/mol. The van der Waals surface area contributed by atoms with E-state index >= 15 is 0 Å². The van der Waals surface area contributed by atoms with Gasteiger partial charge in [-0.2, -0.15) is 8.78 Å². The molecule has 0 radical (unpaired) electrons. The molecule has 0 amide bonds. The Labute approximate surface area is 77.5 Å². The Balaban J connectivity index is 2.77. The van der Waals surface area contributed by atoms with Crippen molar-refractivity contribution in [3.63, 3.8) is 0 Å². The molecule has 0 spiro atoms. The highest BCUT2D eigenvalue weighted by Crippen LogP contribution is 2.23. The van der Waals surface area contributed by atoms with Gasteiger partial charge in [-0.3, -0.25) is 0 Å². The largest absolute Gasteiger partial charge is 0.433 e. The molecule has 12 heavy (non-hydrogen) atoms. The van der Waals surface area contributed by atoms with E-state index in [-0.39, 0.29) is 5.75 Å². The van der Waals surface area contributed by atoms with Gasteiger partial charge in [-0.05, 0) is 18.2 Å². The third kappa shape index (κ3) is 3.17. The van der Waals surface area contributed by atoms with Gasteiger partial charge in [-0.25, -0.2) is 0 Å². The first-order valence-electron chi connectivity index (χ1n) is 3.30. The minimum Gasteiger partial charge on any atom is -0.433 e. The van der Waals surface area contributed by atoms with Gasteiger partial charge in [0, 0.05) is 11.4 Å². The Kier molecular flexibility index (Phi) is 2.67. The van der Waals surface area contributed by atoms with Crippen LogP contribution in [0.4, 0.5) is 8.78 Å². The monoisotopic (exact) mass is 236 g/mol. The van der Waals surface area contributed by atoms with E-state index in [1.807, 2.05) is 0 Å². The molecule has 1 aromatic rings. The molecule has 0 saturated heterocycles. The van der Waals surface area contributed by atoms with E-state index in [0.29, 0.717) is 11.4 Å². The molecule has 0 saturated carbocycles. The predicted molar refractivity (Wildman–Crippen MR) is 45.4 cm³/mol. The maximum atomic E-state index is 12.3. The van der Waals surface area contributed by atoms with Crippen molar-refractivity contribution in [1.29, 1.82) is 0 Å². The lowest BCUT2D eigenvalue weighted by Gasteiger charge is -2.12. The number of halogens is 3. The van der Waals surface area contributed by atoms with Crippen molar-refractivity contribution >= 4 is 15.9 Å². The highest BCUT2D eigenvalue weighted by Gasteiger charge is 2.22. The minimum absolute atomic E-state index is 0.150. The molecule has 0 N–H and O–H groups in total. The fraction of sp³-hybridized carbons (Fsp3) is 0.250. The number of ether oxygens (including phenoxy) is 1. The van der Waals surface area contributed by atoms with E-state index in [1.54, 1.807) is 12.1 Å². The van der Waals surface area contributed by atoms with E-state index in [9.17, 15) is 8.78 Å². The zero-order valence-corrected chi connectivity index (χ0v) is 7.94. The summed E-state index contributed by atoms with van der Waals surface area (Å²) in [7, 11) is 0. The molecule has 0 aliphatic rings. The first-order valence-corrected chi connectivity index (χ1v) is 4.09. The molecule has 0 heterocycles. The van der Waals surface area contributed by atoms with Crippen LogP contribution in [0.2, 0.25) is 0 Å². The minimum atomic E-state index is -3.12. The Morgan fingerprint density at radius 3 is 2.58 bits per heavy atom. The highest BCUT2D eigenvalue weighted by molar-refractivity contribution is 9.10. The molecule has 66 valence electrons. The third-order valence-corrected chi connectivity index (χ3v) is 1.59. The molecule has 0 atom stereocenters. The molecular weight excluding hydrogens is 230 g/mol. The van der Waals surface area contributed by atoms with Crippen LogP contribution in [-0.4, -0.2) is 6.11 Å². The second-order valence-electron chi connectivity index (χ2n) is 2.37. The second-order valence-corrected chi connectivity index (χ2v) is 3.28. The fourth-order valence-corrected chi connectivity index (χ4v) is 1.12. The van der Waals surface area contributed by atoms with Gasteiger partial charge >= 0.3 is 6.11 Å². The first-order chi connectivity index (χ1) is 5.47. The number of hydrogen-bond acceptors (Lipinski definition) is 1. The van der Waals surface area contributed by atoms with Crippen molar-refractivity contribution in [3.8, 4) is 5.75 Å². The quantitative estimate of drug-likeness (QED) is 0.765. The van der Waals surface area contributed by atoms with Crippen LogP contribution < -0.4 is 4.74 Å². The zero-order valence-electron chi connectivity index (χ0n) is 6.35. The van der Waals surface area contributed by atoms with Gasteiger partial charge in [-0.1, -0.05) is 22.0 Å². The molecule has 0 aliphatic heterocycles. The number of benzene rings is 1. The second kappa shape index (κ2) is 3.39. The summed E-state index contributed by atoms with van der Waals surface area (Å²) in [4.78, 5) is 0. The summed E-state index contributed by atoms with van der Waals surface area (Å²) in [6.07, 6.45) is -3.12. The summed E-state index contributed by atoms with van der Waals surface area (Å²) in [6.45, 7) is 0.702. The Morgan fingerprint density at radius 2 is 2.08 bits per heavy atom. The lowest BCUT2D eigenvalue weighted by molar-refractivity contribution is -0.158. The summed E-state index contributed by atoms with van der Waals surface area (Å²) in [6, 6.07) is 6.32. The summed E-state index contributed by atoms with van der Waals surface area (Å²) >= 11 is 3.14.